The normalized spacial score (nSPS) is 12.7. The lowest BCUT2D eigenvalue weighted by Gasteiger charge is -2.30. The van der Waals surface area contributed by atoms with Gasteiger partial charge in [0.2, 0.25) is 0 Å². The predicted molar refractivity (Wildman–Crippen MR) is 79.6 cm³/mol. The van der Waals surface area contributed by atoms with Crippen LogP contribution >= 0.6 is 0 Å². The van der Waals surface area contributed by atoms with Crippen LogP contribution in [0.4, 0.5) is 30.7 Å². The second-order valence-corrected chi connectivity index (χ2v) is 5.57. The van der Waals surface area contributed by atoms with Crippen molar-refractivity contribution in [2.45, 2.75) is 24.9 Å². The van der Waals surface area contributed by atoms with Gasteiger partial charge in [0.05, 0.1) is 5.56 Å². The number of halogens is 7. The molecule has 0 atom stereocenters. The summed E-state index contributed by atoms with van der Waals surface area (Å²) in [7, 11) is 0. The van der Waals surface area contributed by atoms with Gasteiger partial charge in [0.25, 0.3) is 0 Å². The molecule has 0 radical (unpaired) electrons. The fourth-order valence-corrected chi connectivity index (χ4v) is 2.26. The molecule has 27 heavy (non-hydrogen) atoms. The highest BCUT2D eigenvalue weighted by Gasteiger charge is 2.73. The lowest BCUT2D eigenvalue weighted by atomic mass is 9.94. The molecule has 0 fully saturated rings. The van der Waals surface area contributed by atoms with E-state index in [1.54, 1.807) is 0 Å². The van der Waals surface area contributed by atoms with Crippen LogP contribution in [-0.2, 0) is 5.67 Å². The number of carboxylic acids is 1. The number of hydrogen-bond donors (Lipinski definition) is 1. The first-order valence-electron chi connectivity index (χ1n) is 7.22. The van der Waals surface area contributed by atoms with Crippen molar-refractivity contribution in [1.29, 1.82) is 0 Å². The third-order valence-corrected chi connectivity index (χ3v) is 3.68. The summed E-state index contributed by atoms with van der Waals surface area (Å²) in [5.41, 5.74) is -6.82. The second-order valence-electron chi connectivity index (χ2n) is 5.57. The van der Waals surface area contributed by atoms with E-state index in [1.807, 2.05) is 0 Å². The molecule has 0 saturated heterocycles. The third-order valence-electron chi connectivity index (χ3n) is 3.68. The molecule has 0 aliphatic carbocycles. The zero-order valence-corrected chi connectivity index (χ0v) is 13.5. The number of ether oxygens (including phenoxy) is 1. The molecule has 0 amide bonds. The van der Waals surface area contributed by atoms with Crippen molar-refractivity contribution in [3.8, 4) is 11.5 Å². The van der Waals surface area contributed by atoms with Crippen molar-refractivity contribution in [2.75, 3.05) is 0 Å². The van der Waals surface area contributed by atoms with Crippen LogP contribution in [0, 0.1) is 6.92 Å². The molecule has 0 aliphatic rings. The Labute approximate surface area is 148 Å². The molecule has 0 bridgehead atoms. The number of carbonyl (C=O) groups is 1. The van der Waals surface area contributed by atoms with E-state index in [9.17, 15) is 35.5 Å². The number of aromatic carboxylic acids is 1. The van der Waals surface area contributed by atoms with Crippen LogP contribution < -0.4 is 4.74 Å². The molecule has 2 rings (SSSR count). The van der Waals surface area contributed by atoms with Crippen LogP contribution in [0.25, 0.3) is 0 Å². The van der Waals surface area contributed by atoms with Crippen molar-refractivity contribution in [1.82, 2.24) is 0 Å². The SMILES string of the molecule is Cc1cc(C(=O)O)ccc1Oc1ccc(C(F)(C(F)(F)F)C(F)(F)F)cc1. The van der Waals surface area contributed by atoms with Gasteiger partial charge in [-0.15, -0.1) is 0 Å². The van der Waals surface area contributed by atoms with Gasteiger partial charge < -0.3 is 9.84 Å². The number of hydrogen-bond acceptors (Lipinski definition) is 2. The summed E-state index contributed by atoms with van der Waals surface area (Å²) >= 11 is 0. The van der Waals surface area contributed by atoms with Crippen LogP contribution in [0.15, 0.2) is 42.5 Å². The van der Waals surface area contributed by atoms with E-state index < -0.39 is 29.6 Å². The maximum absolute atomic E-state index is 13.9. The maximum atomic E-state index is 13.9. The molecule has 0 aromatic heterocycles. The average molecular weight is 396 g/mol. The zero-order valence-electron chi connectivity index (χ0n) is 13.5. The second kappa shape index (κ2) is 6.75. The highest BCUT2D eigenvalue weighted by molar-refractivity contribution is 5.88. The van der Waals surface area contributed by atoms with E-state index in [0.717, 1.165) is 12.1 Å². The number of aryl methyl sites for hydroxylation is 1. The van der Waals surface area contributed by atoms with Gasteiger partial charge in [0, 0.05) is 5.56 Å². The highest BCUT2D eigenvalue weighted by atomic mass is 19.4. The summed E-state index contributed by atoms with van der Waals surface area (Å²) in [5, 5.41) is 8.87. The molecule has 2 aromatic carbocycles. The number of alkyl halides is 7. The Kier molecular flexibility index (Phi) is 5.13. The van der Waals surface area contributed by atoms with E-state index in [2.05, 4.69) is 0 Å². The lowest BCUT2D eigenvalue weighted by Crippen LogP contribution is -2.50. The van der Waals surface area contributed by atoms with Crippen molar-refractivity contribution < 1.29 is 45.4 Å². The Balaban J connectivity index is 2.34. The van der Waals surface area contributed by atoms with Gasteiger partial charge in [-0.05, 0) is 42.8 Å². The third kappa shape index (κ3) is 3.83. The summed E-state index contributed by atoms with van der Waals surface area (Å²) in [6.45, 7) is 1.50. The Hall–Kier alpha value is -2.78. The summed E-state index contributed by atoms with van der Waals surface area (Å²) < 4.78 is 95.5. The molecule has 0 unspecified atom stereocenters. The van der Waals surface area contributed by atoms with Crippen molar-refractivity contribution >= 4 is 5.97 Å². The Morgan fingerprint density at radius 3 is 1.81 bits per heavy atom. The van der Waals surface area contributed by atoms with Crippen LogP contribution in [0.3, 0.4) is 0 Å². The largest absolute Gasteiger partial charge is 0.478 e. The first-order chi connectivity index (χ1) is 12.3. The number of benzene rings is 2. The minimum Gasteiger partial charge on any atom is -0.478 e. The zero-order chi connectivity index (χ0) is 20.6. The van der Waals surface area contributed by atoms with Crippen LogP contribution in [0.1, 0.15) is 21.5 Å². The molecule has 0 heterocycles. The molecule has 10 heteroatoms. The van der Waals surface area contributed by atoms with Gasteiger partial charge in [-0.2, -0.15) is 26.3 Å². The van der Waals surface area contributed by atoms with Gasteiger partial charge in [-0.25, -0.2) is 9.18 Å². The van der Waals surface area contributed by atoms with Crippen LogP contribution in [0.2, 0.25) is 0 Å². The fraction of sp³-hybridized carbons (Fsp3) is 0.235. The van der Waals surface area contributed by atoms with E-state index in [4.69, 9.17) is 9.84 Å². The molecule has 0 aliphatic heterocycles. The van der Waals surface area contributed by atoms with Gasteiger partial charge >= 0.3 is 24.0 Å². The topological polar surface area (TPSA) is 46.5 Å². The fourth-order valence-electron chi connectivity index (χ4n) is 2.26. The van der Waals surface area contributed by atoms with Crippen molar-refractivity contribution in [2.24, 2.45) is 0 Å². The van der Waals surface area contributed by atoms with Crippen LogP contribution in [-0.4, -0.2) is 23.4 Å². The Bertz CT molecular complexity index is 825. The van der Waals surface area contributed by atoms with E-state index in [0.29, 0.717) is 17.7 Å². The molecule has 1 N–H and O–H groups in total. The van der Waals surface area contributed by atoms with Gasteiger partial charge in [0.15, 0.2) is 0 Å². The van der Waals surface area contributed by atoms with E-state index in [-0.39, 0.29) is 17.1 Å². The number of rotatable bonds is 4. The molecule has 3 nitrogen and oxygen atoms in total. The van der Waals surface area contributed by atoms with Crippen molar-refractivity contribution in [3.05, 3.63) is 59.2 Å². The summed E-state index contributed by atoms with van der Waals surface area (Å²) in [6, 6.07) is 5.92. The van der Waals surface area contributed by atoms with Gasteiger partial charge in [0.1, 0.15) is 11.5 Å². The smallest absolute Gasteiger partial charge is 0.435 e. The van der Waals surface area contributed by atoms with Gasteiger partial charge in [-0.3, -0.25) is 0 Å². The standard InChI is InChI=1S/C17H11F7O3/c1-9-8-10(14(25)26)2-7-13(9)27-12-5-3-11(4-6-12)15(18,16(19,20)21)17(22,23)24/h2-8H,1H3,(H,25,26). The minimum atomic E-state index is -6.20. The summed E-state index contributed by atoms with van der Waals surface area (Å²) in [4.78, 5) is 10.9. The van der Waals surface area contributed by atoms with E-state index in [1.165, 1.54) is 25.1 Å². The van der Waals surface area contributed by atoms with Crippen LogP contribution in [0.5, 0.6) is 11.5 Å². The predicted octanol–water partition coefficient (Wildman–Crippen LogP) is 5.77. The highest BCUT2D eigenvalue weighted by Crippen LogP contribution is 2.53. The molecule has 0 spiro atoms. The maximum Gasteiger partial charge on any atom is 0.435 e. The Morgan fingerprint density at radius 2 is 1.41 bits per heavy atom. The molecular weight excluding hydrogens is 385 g/mol. The minimum absolute atomic E-state index is 0.0345. The first-order valence-corrected chi connectivity index (χ1v) is 7.22. The Morgan fingerprint density at radius 1 is 0.889 bits per heavy atom. The lowest BCUT2D eigenvalue weighted by molar-refractivity contribution is -0.348. The summed E-state index contributed by atoms with van der Waals surface area (Å²) in [6.07, 6.45) is -12.4. The van der Waals surface area contributed by atoms with E-state index >= 15 is 0 Å². The average Bonchev–Trinajstić information content (AvgIpc) is 2.54. The molecular formula is C17H11F7O3. The van der Waals surface area contributed by atoms with Gasteiger partial charge in [-0.1, -0.05) is 12.1 Å². The molecule has 146 valence electrons. The summed E-state index contributed by atoms with van der Waals surface area (Å²) in [5.74, 6) is -1.21. The monoisotopic (exact) mass is 396 g/mol. The number of carboxylic acid groups (broad SMARTS) is 1. The first kappa shape index (κ1) is 20.5. The quantitative estimate of drug-likeness (QED) is 0.667. The van der Waals surface area contributed by atoms with Crippen molar-refractivity contribution in [3.63, 3.8) is 0 Å². The molecule has 0 saturated carbocycles. The molecule has 2 aromatic rings.